The van der Waals surface area contributed by atoms with E-state index in [1.54, 1.807) is 0 Å². The Morgan fingerprint density at radius 2 is 1.83 bits per heavy atom. The molecule has 1 unspecified atom stereocenters. The highest BCUT2D eigenvalue weighted by Crippen LogP contribution is 2.20. The van der Waals surface area contributed by atoms with E-state index in [4.69, 9.17) is 5.73 Å². The maximum absolute atomic E-state index is 13.1. The van der Waals surface area contributed by atoms with Crippen LogP contribution in [0.2, 0.25) is 0 Å². The summed E-state index contributed by atoms with van der Waals surface area (Å²) in [6, 6.07) is 11.2. The molecule has 18 heavy (non-hydrogen) atoms. The second kappa shape index (κ2) is 5.59. The Balaban J connectivity index is 2.16. The van der Waals surface area contributed by atoms with E-state index in [0.717, 1.165) is 22.2 Å². The van der Waals surface area contributed by atoms with Crippen LogP contribution in [0.5, 0.6) is 0 Å². The molecule has 94 valence electrons. The van der Waals surface area contributed by atoms with Crippen molar-refractivity contribution in [1.29, 1.82) is 0 Å². The molecule has 0 saturated heterocycles. The molecule has 0 bridgehead atoms. The maximum atomic E-state index is 13.1. The largest absolute Gasteiger partial charge is 0.324 e. The lowest BCUT2D eigenvalue weighted by Crippen LogP contribution is -2.13. The monoisotopic (exact) mass is 311 g/mol. The molecule has 0 aliphatic carbocycles. The second-order valence-corrected chi connectivity index (χ2v) is 5.03. The highest BCUT2D eigenvalue weighted by molar-refractivity contribution is 9.10. The zero-order chi connectivity index (χ0) is 13.1. The van der Waals surface area contributed by atoms with Gasteiger partial charge < -0.3 is 5.73 Å². The quantitative estimate of drug-likeness (QED) is 0.912. The molecule has 0 radical (unpaired) electrons. The highest BCUT2D eigenvalue weighted by Gasteiger charge is 2.10. The molecule has 0 spiro atoms. The second-order valence-electron chi connectivity index (χ2n) is 4.11. The average Bonchev–Trinajstić information content (AvgIpc) is 2.32. The molecule has 0 aliphatic rings. The Morgan fingerprint density at radius 3 is 2.50 bits per heavy atom. The van der Waals surface area contributed by atoms with Crippen molar-refractivity contribution in [3.63, 3.8) is 0 Å². The van der Waals surface area contributed by atoms with E-state index in [9.17, 15) is 8.78 Å². The van der Waals surface area contributed by atoms with Gasteiger partial charge in [0.25, 0.3) is 0 Å². The SMILES string of the molecule is NC(Cc1cccc(Br)c1)c1ccc(F)c(F)c1. The number of benzene rings is 2. The van der Waals surface area contributed by atoms with E-state index in [1.165, 1.54) is 6.07 Å². The smallest absolute Gasteiger partial charge is 0.159 e. The van der Waals surface area contributed by atoms with Crippen molar-refractivity contribution in [3.8, 4) is 0 Å². The molecule has 2 aromatic carbocycles. The van der Waals surface area contributed by atoms with E-state index in [0.29, 0.717) is 12.0 Å². The minimum atomic E-state index is -0.864. The number of halogens is 3. The van der Waals surface area contributed by atoms with Crippen LogP contribution in [0.25, 0.3) is 0 Å². The van der Waals surface area contributed by atoms with E-state index in [2.05, 4.69) is 15.9 Å². The summed E-state index contributed by atoms with van der Waals surface area (Å²) >= 11 is 3.38. The van der Waals surface area contributed by atoms with Gasteiger partial charge in [-0.05, 0) is 41.8 Å². The summed E-state index contributed by atoms with van der Waals surface area (Å²) in [7, 11) is 0. The van der Waals surface area contributed by atoms with Gasteiger partial charge in [-0.15, -0.1) is 0 Å². The Kier molecular flexibility index (Phi) is 4.09. The van der Waals surface area contributed by atoms with Crippen LogP contribution in [0.3, 0.4) is 0 Å². The summed E-state index contributed by atoms with van der Waals surface area (Å²) in [4.78, 5) is 0. The standard InChI is InChI=1S/C14H12BrF2N/c15-11-3-1-2-9(6-11)7-14(18)10-4-5-12(16)13(17)8-10/h1-6,8,14H,7,18H2. The number of hydrogen-bond acceptors (Lipinski definition) is 1. The highest BCUT2D eigenvalue weighted by atomic mass is 79.9. The fourth-order valence-corrected chi connectivity index (χ4v) is 2.23. The summed E-state index contributed by atoms with van der Waals surface area (Å²) in [6.07, 6.45) is 0.574. The summed E-state index contributed by atoms with van der Waals surface area (Å²) in [5.41, 5.74) is 7.63. The van der Waals surface area contributed by atoms with Crippen LogP contribution in [0.1, 0.15) is 17.2 Å². The van der Waals surface area contributed by atoms with Crippen molar-refractivity contribution < 1.29 is 8.78 Å². The molecule has 1 nitrogen and oxygen atoms in total. The molecule has 0 aliphatic heterocycles. The number of nitrogens with two attached hydrogens (primary N) is 1. The third-order valence-corrected chi connectivity index (χ3v) is 3.21. The number of hydrogen-bond donors (Lipinski definition) is 1. The van der Waals surface area contributed by atoms with Crippen LogP contribution in [0.4, 0.5) is 8.78 Å². The predicted octanol–water partition coefficient (Wildman–Crippen LogP) is 3.97. The summed E-state index contributed by atoms with van der Waals surface area (Å²) in [6.45, 7) is 0. The van der Waals surface area contributed by atoms with Crippen LogP contribution in [0, 0.1) is 11.6 Å². The molecule has 0 amide bonds. The van der Waals surface area contributed by atoms with Gasteiger partial charge in [0, 0.05) is 10.5 Å². The van der Waals surface area contributed by atoms with Gasteiger partial charge in [0.1, 0.15) is 0 Å². The van der Waals surface area contributed by atoms with Crippen LogP contribution in [0.15, 0.2) is 46.9 Å². The first-order valence-electron chi connectivity index (χ1n) is 5.51. The zero-order valence-corrected chi connectivity index (χ0v) is 11.1. The fourth-order valence-electron chi connectivity index (χ4n) is 1.78. The summed E-state index contributed by atoms with van der Waals surface area (Å²) < 4.78 is 26.9. The normalized spacial score (nSPS) is 12.4. The Bertz CT molecular complexity index is 557. The van der Waals surface area contributed by atoms with Crippen molar-refractivity contribution in [2.75, 3.05) is 0 Å². The van der Waals surface area contributed by atoms with Gasteiger partial charge in [-0.3, -0.25) is 0 Å². The first kappa shape index (κ1) is 13.2. The van der Waals surface area contributed by atoms with E-state index >= 15 is 0 Å². The van der Waals surface area contributed by atoms with E-state index in [1.807, 2.05) is 24.3 Å². The lowest BCUT2D eigenvalue weighted by molar-refractivity contribution is 0.505. The first-order chi connectivity index (χ1) is 8.56. The molecular formula is C14H12BrF2N. The average molecular weight is 312 g/mol. The Hall–Kier alpha value is -1.26. The Morgan fingerprint density at radius 1 is 1.06 bits per heavy atom. The van der Waals surface area contributed by atoms with Crippen molar-refractivity contribution in [2.24, 2.45) is 5.73 Å². The first-order valence-corrected chi connectivity index (χ1v) is 6.30. The lowest BCUT2D eigenvalue weighted by atomic mass is 10.00. The molecule has 0 aromatic heterocycles. The van der Waals surface area contributed by atoms with Crippen LogP contribution >= 0.6 is 15.9 Å². The van der Waals surface area contributed by atoms with Gasteiger partial charge in [0.2, 0.25) is 0 Å². The summed E-state index contributed by atoms with van der Waals surface area (Å²) in [5.74, 6) is -1.72. The summed E-state index contributed by atoms with van der Waals surface area (Å²) in [5, 5.41) is 0. The van der Waals surface area contributed by atoms with Gasteiger partial charge in [-0.1, -0.05) is 34.1 Å². The minimum Gasteiger partial charge on any atom is -0.324 e. The molecular weight excluding hydrogens is 300 g/mol. The van der Waals surface area contributed by atoms with Gasteiger partial charge in [0.05, 0.1) is 0 Å². The molecule has 4 heteroatoms. The van der Waals surface area contributed by atoms with Crippen LogP contribution in [-0.2, 0) is 6.42 Å². The van der Waals surface area contributed by atoms with Gasteiger partial charge >= 0.3 is 0 Å². The molecule has 2 rings (SSSR count). The topological polar surface area (TPSA) is 26.0 Å². The molecule has 0 heterocycles. The number of rotatable bonds is 3. The minimum absolute atomic E-state index is 0.352. The van der Waals surface area contributed by atoms with Crippen molar-refractivity contribution in [3.05, 3.63) is 69.7 Å². The van der Waals surface area contributed by atoms with Crippen LogP contribution in [-0.4, -0.2) is 0 Å². The van der Waals surface area contributed by atoms with Gasteiger partial charge in [-0.25, -0.2) is 8.78 Å². The van der Waals surface area contributed by atoms with Crippen molar-refractivity contribution in [1.82, 2.24) is 0 Å². The van der Waals surface area contributed by atoms with Gasteiger partial charge in [-0.2, -0.15) is 0 Å². The molecule has 1 atom stereocenters. The van der Waals surface area contributed by atoms with E-state index < -0.39 is 11.6 Å². The third kappa shape index (κ3) is 3.15. The van der Waals surface area contributed by atoms with Crippen molar-refractivity contribution in [2.45, 2.75) is 12.5 Å². The van der Waals surface area contributed by atoms with Crippen molar-refractivity contribution >= 4 is 15.9 Å². The van der Waals surface area contributed by atoms with E-state index in [-0.39, 0.29) is 6.04 Å². The molecule has 0 saturated carbocycles. The zero-order valence-electron chi connectivity index (χ0n) is 9.54. The third-order valence-electron chi connectivity index (χ3n) is 2.72. The Labute approximate surface area is 113 Å². The maximum Gasteiger partial charge on any atom is 0.159 e. The lowest BCUT2D eigenvalue weighted by Gasteiger charge is -2.12. The predicted molar refractivity (Wildman–Crippen MR) is 71.1 cm³/mol. The molecule has 2 aromatic rings. The molecule has 2 N–H and O–H groups in total. The van der Waals surface area contributed by atoms with Gasteiger partial charge in [0.15, 0.2) is 11.6 Å². The fraction of sp³-hybridized carbons (Fsp3) is 0.143. The molecule has 0 fully saturated rings. The van der Waals surface area contributed by atoms with Crippen LogP contribution < -0.4 is 5.73 Å².